The summed E-state index contributed by atoms with van der Waals surface area (Å²) in [5.41, 5.74) is 3.81. The van der Waals surface area contributed by atoms with E-state index in [2.05, 4.69) is 29.2 Å². The molecule has 0 aliphatic heterocycles. The monoisotopic (exact) mass is 467 g/mol. The maximum Gasteiger partial charge on any atom is 0.243 e. The molecule has 0 aliphatic carbocycles. The molecular formula is C20H22INO2S. The van der Waals surface area contributed by atoms with Crippen LogP contribution in [-0.4, -0.2) is 25.8 Å². The van der Waals surface area contributed by atoms with Gasteiger partial charge in [-0.1, -0.05) is 82.8 Å². The highest BCUT2D eigenvalue weighted by Gasteiger charge is 2.25. The summed E-state index contributed by atoms with van der Waals surface area (Å²) in [6.07, 6.45) is 0. The largest absolute Gasteiger partial charge is 0.243 e. The van der Waals surface area contributed by atoms with Gasteiger partial charge in [-0.15, -0.1) is 0 Å². The van der Waals surface area contributed by atoms with Crippen molar-refractivity contribution in [3.8, 4) is 0 Å². The van der Waals surface area contributed by atoms with E-state index >= 15 is 0 Å². The van der Waals surface area contributed by atoms with Crippen LogP contribution >= 0.6 is 22.6 Å². The maximum atomic E-state index is 13.1. The van der Waals surface area contributed by atoms with Gasteiger partial charge >= 0.3 is 0 Å². The van der Waals surface area contributed by atoms with Crippen LogP contribution < -0.4 is 0 Å². The Morgan fingerprint density at radius 1 is 1.08 bits per heavy atom. The van der Waals surface area contributed by atoms with Gasteiger partial charge in [0, 0.05) is 13.1 Å². The molecule has 132 valence electrons. The highest BCUT2D eigenvalue weighted by Crippen LogP contribution is 2.23. The molecule has 5 heteroatoms. The quantitative estimate of drug-likeness (QED) is 0.423. The summed E-state index contributed by atoms with van der Waals surface area (Å²) in [7, 11) is -3.60. The molecule has 0 heterocycles. The number of halogens is 1. The molecule has 0 spiro atoms. The van der Waals surface area contributed by atoms with Crippen LogP contribution in [0.4, 0.5) is 0 Å². The molecule has 0 radical (unpaired) electrons. The zero-order valence-electron chi connectivity index (χ0n) is 14.4. The topological polar surface area (TPSA) is 37.4 Å². The summed E-state index contributed by atoms with van der Waals surface area (Å²) < 4.78 is 29.7. The number of sulfonamides is 1. The van der Waals surface area contributed by atoms with Gasteiger partial charge in [0.05, 0.1) is 4.90 Å². The van der Waals surface area contributed by atoms with E-state index in [9.17, 15) is 8.42 Å². The van der Waals surface area contributed by atoms with Crippen molar-refractivity contribution in [3.63, 3.8) is 0 Å². The minimum atomic E-state index is -3.60. The molecule has 0 amide bonds. The average molecular weight is 467 g/mol. The number of hydrogen-bond acceptors (Lipinski definition) is 2. The van der Waals surface area contributed by atoms with Gasteiger partial charge in [-0.2, -0.15) is 4.31 Å². The van der Waals surface area contributed by atoms with E-state index in [1.807, 2.05) is 60.4 Å². The first-order valence-corrected chi connectivity index (χ1v) is 10.6. The molecule has 0 unspecified atom stereocenters. The zero-order valence-corrected chi connectivity index (χ0v) is 17.4. The molecular weight excluding hydrogens is 445 g/mol. The molecule has 0 saturated heterocycles. The fraction of sp³-hybridized carbons (Fsp3) is 0.200. The molecule has 0 aromatic heterocycles. The second-order valence-corrected chi connectivity index (χ2v) is 8.60. The first-order chi connectivity index (χ1) is 11.8. The molecule has 2 aromatic carbocycles. The number of benzene rings is 2. The summed E-state index contributed by atoms with van der Waals surface area (Å²) in [4.78, 5) is 0.306. The van der Waals surface area contributed by atoms with Gasteiger partial charge in [0.25, 0.3) is 0 Å². The highest BCUT2D eigenvalue weighted by atomic mass is 127. The van der Waals surface area contributed by atoms with Crippen molar-refractivity contribution in [2.24, 2.45) is 0 Å². The molecule has 0 bridgehead atoms. The standard InChI is InChI=1S/C20H22INO2S/c1-16(2)14-22(15-19(13-21)18-7-5-4-6-8-18)25(23,24)20-11-9-17(3)10-12-20/h4-13H,1,14-15H2,2-3H3/b19-13+. The van der Waals surface area contributed by atoms with E-state index in [4.69, 9.17) is 0 Å². The predicted molar refractivity (Wildman–Crippen MR) is 113 cm³/mol. The van der Waals surface area contributed by atoms with Crippen LogP contribution in [0.5, 0.6) is 0 Å². The van der Waals surface area contributed by atoms with Gasteiger partial charge in [0.15, 0.2) is 0 Å². The van der Waals surface area contributed by atoms with E-state index in [-0.39, 0.29) is 6.54 Å². The average Bonchev–Trinajstić information content (AvgIpc) is 2.59. The van der Waals surface area contributed by atoms with Crippen molar-refractivity contribution < 1.29 is 8.42 Å². The number of aryl methyl sites for hydroxylation is 1. The van der Waals surface area contributed by atoms with Gasteiger partial charge < -0.3 is 0 Å². The molecule has 3 nitrogen and oxygen atoms in total. The van der Waals surface area contributed by atoms with Crippen LogP contribution in [0.2, 0.25) is 0 Å². The third kappa shape index (κ3) is 5.26. The SMILES string of the molecule is C=C(C)CN(C/C(=C\I)c1ccccc1)S(=O)(=O)c1ccc(C)cc1. The number of hydrogen-bond donors (Lipinski definition) is 0. The first kappa shape index (κ1) is 19.9. The fourth-order valence-electron chi connectivity index (χ4n) is 2.42. The van der Waals surface area contributed by atoms with Crippen LogP contribution in [0.15, 0.2) is 75.7 Å². The Balaban J connectivity index is 2.38. The Labute approximate surface area is 164 Å². The Kier molecular flexibility index (Phi) is 6.98. The normalized spacial score (nSPS) is 12.4. The summed E-state index contributed by atoms with van der Waals surface area (Å²) in [6, 6.07) is 16.8. The summed E-state index contributed by atoms with van der Waals surface area (Å²) >= 11 is 2.16. The molecule has 0 aliphatic rings. The van der Waals surface area contributed by atoms with E-state index < -0.39 is 10.0 Å². The molecule has 0 fully saturated rings. The van der Waals surface area contributed by atoms with E-state index in [0.29, 0.717) is 11.4 Å². The molecule has 2 rings (SSSR count). The summed E-state index contributed by atoms with van der Waals surface area (Å²) in [6.45, 7) is 8.26. The highest BCUT2D eigenvalue weighted by molar-refractivity contribution is 14.1. The van der Waals surface area contributed by atoms with Crippen LogP contribution in [0.25, 0.3) is 5.57 Å². The second-order valence-electron chi connectivity index (χ2n) is 6.04. The minimum absolute atomic E-state index is 0.289. The van der Waals surface area contributed by atoms with Gasteiger partial charge in [0.1, 0.15) is 0 Å². The van der Waals surface area contributed by atoms with Crippen molar-refractivity contribution in [2.75, 3.05) is 13.1 Å². The Hall–Kier alpha value is -1.44. The van der Waals surface area contributed by atoms with Crippen molar-refractivity contribution in [1.82, 2.24) is 4.31 Å². The van der Waals surface area contributed by atoms with Crippen LogP contribution in [0, 0.1) is 6.92 Å². The molecule has 0 atom stereocenters. The van der Waals surface area contributed by atoms with Gasteiger partial charge in [-0.05, 0) is 41.2 Å². The lowest BCUT2D eigenvalue weighted by molar-refractivity contribution is 0.471. The van der Waals surface area contributed by atoms with E-state index in [0.717, 1.165) is 22.3 Å². The van der Waals surface area contributed by atoms with Crippen molar-refractivity contribution in [3.05, 3.63) is 82.0 Å². The Morgan fingerprint density at radius 3 is 2.20 bits per heavy atom. The lowest BCUT2D eigenvalue weighted by atomic mass is 10.1. The van der Waals surface area contributed by atoms with Crippen molar-refractivity contribution in [1.29, 1.82) is 0 Å². The van der Waals surface area contributed by atoms with Crippen LogP contribution in [-0.2, 0) is 10.0 Å². The second kappa shape index (κ2) is 8.78. The van der Waals surface area contributed by atoms with Crippen LogP contribution in [0.1, 0.15) is 18.1 Å². The van der Waals surface area contributed by atoms with Gasteiger partial charge in [-0.25, -0.2) is 8.42 Å². The minimum Gasteiger partial charge on any atom is -0.207 e. The van der Waals surface area contributed by atoms with Crippen LogP contribution in [0.3, 0.4) is 0 Å². The fourth-order valence-corrected chi connectivity index (χ4v) is 4.45. The van der Waals surface area contributed by atoms with Crippen molar-refractivity contribution in [2.45, 2.75) is 18.7 Å². The zero-order chi connectivity index (χ0) is 18.4. The smallest absolute Gasteiger partial charge is 0.207 e. The molecule has 0 N–H and O–H groups in total. The van der Waals surface area contributed by atoms with E-state index in [1.165, 1.54) is 4.31 Å². The maximum absolute atomic E-state index is 13.1. The molecule has 2 aromatic rings. The number of rotatable bonds is 7. The summed E-state index contributed by atoms with van der Waals surface area (Å²) in [5.74, 6) is 0. The third-order valence-corrected chi connectivity index (χ3v) is 6.29. The first-order valence-electron chi connectivity index (χ1n) is 7.90. The Bertz CT molecular complexity index is 856. The lowest BCUT2D eigenvalue weighted by Crippen LogP contribution is -2.34. The molecule has 0 saturated carbocycles. The Morgan fingerprint density at radius 2 is 1.68 bits per heavy atom. The summed E-state index contributed by atoms with van der Waals surface area (Å²) in [5, 5.41) is 0. The van der Waals surface area contributed by atoms with E-state index in [1.54, 1.807) is 12.1 Å². The van der Waals surface area contributed by atoms with Gasteiger partial charge in [0.2, 0.25) is 10.0 Å². The number of nitrogens with zero attached hydrogens (tertiary/aromatic N) is 1. The predicted octanol–water partition coefficient (Wildman–Crippen LogP) is 5.04. The lowest BCUT2D eigenvalue weighted by Gasteiger charge is -2.24. The third-order valence-electron chi connectivity index (χ3n) is 3.73. The van der Waals surface area contributed by atoms with Gasteiger partial charge in [-0.3, -0.25) is 0 Å². The van der Waals surface area contributed by atoms with Crippen molar-refractivity contribution >= 4 is 38.2 Å². The molecule has 25 heavy (non-hydrogen) atoms.